The number of hydrogen-bond acceptors (Lipinski definition) is 2. The van der Waals surface area contributed by atoms with E-state index in [4.69, 9.17) is 11.6 Å². The second kappa shape index (κ2) is 6.32. The van der Waals surface area contributed by atoms with E-state index in [2.05, 4.69) is 5.32 Å². The molecule has 3 nitrogen and oxygen atoms in total. The lowest BCUT2D eigenvalue weighted by Gasteiger charge is -2.36. The molecule has 114 valence electrons. The van der Waals surface area contributed by atoms with Crippen LogP contribution in [0.3, 0.4) is 0 Å². The lowest BCUT2D eigenvalue weighted by molar-refractivity contribution is 0.0651. The molecule has 1 amide bonds. The summed E-state index contributed by atoms with van der Waals surface area (Å²) >= 11 is 5.94. The Hall–Kier alpha value is -1.13. The van der Waals surface area contributed by atoms with E-state index in [1.165, 1.54) is 25.0 Å². The fraction of sp³-hybridized carbons (Fsp3) is 0.562. The number of likely N-dealkylation sites (tertiary alicyclic amines) is 1. The zero-order valence-corrected chi connectivity index (χ0v) is 12.7. The predicted octanol–water partition coefficient (Wildman–Crippen LogP) is 3.08. The molecule has 5 heteroatoms. The van der Waals surface area contributed by atoms with E-state index >= 15 is 0 Å². The molecule has 2 saturated heterocycles. The highest BCUT2D eigenvalue weighted by atomic mass is 35.5. The second-order valence-corrected chi connectivity index (χ2v) is 6.34. The van der Waals surface area contributed by atoms with Gasteiger partial charge in [0.05, 0.1) is 10.6 Å². The van der Waals surface area contributed by atoms with Crippen LogP contribution in [0.1, 0.15) is 36.0 Å². The maximum atomic E-state index is 13.5. The number of benzene rings is 1. The van der Waals surface area contributed by atoms with Gasteiger partial charge in [-0.05, 0) is 50.3 Å². The molecule has 2 fully saturated rings. The topological polar surface area (TPSA) is 32.3 Å². The number of nitrogens with zero attached hydrogens (tertiary/aromatic N) is 1. The molecule has 0 bridgehead atoms. The minimum absolute atomic E-state index is 0.0661. The molecule has 2 atom stereocenters. The third-order valence-electron chi connectivity index (χ3n) is 4.59. The molecule has 0 radical (unpaired) electrons. The van der Waals surface area contributed by atoms with Gasteiger partial charge in [-0.15, -0.1) is 0 Å². The van der Waals surface area contributed by atoms with Crippen LogP contribution in [-0.4, -0.2) is 36.5 Å². The second-order valence-electron chi connectivity index (χ2n) is 5.96. The van der Waals surface area contributed by atoms with Gasteiger partial charge in [-0.25, -0.2) is 4.39 Å². The summed E-state index contributed by atoms with van der Waals surface area (Å²) in [5.41, 5.74) is 0.275. The van der Waals surface area contributed by atoms with E-state index < -0.39 is 5.82 Å². The smallest absolute Gasteiger partial charge is 0.255 e. The molecular formula is C16H20ClFN2O. The Morgan fingerprint density at radius 2 is 2.19 bits per heavy atom. The molecule has 1 N–H and O–H groups in total. The van der Waals surface area contributed by atoms with Crippen LogP contribution < -0.4 is 5.32 Å². The van der Waals surface area contributed by atoms with Gasteiger partial charge in [0.2, 0.25) is 0 Å². The van der Waals surface area contributed by atoms with Gasteiger partial charge in [0.25, 0.3) is 5.91 Å². The van der Waals surface area contributed by atoms with Crippen molar-refractivity contribution < 1.29 is 9.18 Å². The van der Waals surface area contributed by atoms with E-state index in [0.29, 0.717) is 12.0 Å². The Morgan fingerprint density at radius 3 is 2.95 bits per heavy atom. The minimum Gasteiger partial charge on any atom is -0.338 e. The third kappa shape index (κ3) is 3.06. The van der Waals surface area contributed by atoms with Crippen LogP contribution in [0, 0.1) is 11.7 Å². The Labute approximate surface area is 129 Å². The summed E-state index contributed by atoms with van der Waals surface area (Å²) in [5.74, 6) is -0.187. The fourth-order valence-corrected chi connectivity index (χ4v) is 3.68. The van der Waals surface area contributed by atoms with E-state index in [1.54, 1.807) is 6.07 Å². The summed E-state index contributed by atoms with van der Waals surface area (Å²) in [5, 5.41) is 3.46. The molecule has 1 aromatic rings. The number of carbonyl (C=O) groups excluding carboxylic acids is 1. The van der Waals surface area contributed by atoms with Gasteiger partial charge >= 0.3 is 0 Å². The number of halogens is 2. The Morgan fingerprint density at radius 1 is 1.33 bits per heavy atom. The summed E-state index contributed by atoms with van der Waals surface area (Å²) in [6, 6.07) is 4.93. The largest absolute Gasteiger partial charge is 0.338 e. The zero-order chi connectivity index (χ0) is 14.8. The van der Waals surface area contributed by atoms with Crippen LogP contribution in [0.4, 0.5) is 4.39 Å². The summed E-state index contributed by atoms with van der Waals surface area (Å²) in [7, 11) is 0. The van der Waals surface area contributed by atoms with Crippen LogP contribution in [-0.2, 0) is 0 Å². The highest BCUT2D eigenvalue weighted by molar-refractivity contribution is 6.34. The van der Waals surface area contributed by atoms with Crippen molar-refractivity contribution in [3.63, 3.8) is 0 Å². The first kappa shape index (κ1) is 14.8. The Bertz CT molecular complexity index is 531. The van der Waals surface area contributed by atoms with Gasteiger partial charge in [0.15, 0.2) is 0 Å². The Kier molecular flexibility index (Phi) is 4.45. The maximum Gasteiger partial charge on any atom is 0.255 e. The molecule has 0 aromatic heterocycles. The van der Waals surface area contributed by atoms with Crippen molar-refractivity contribution in [3.8, 4) is 0 Å². The van der Waals surface area contributed by atoms with Gasteiger partial charge in [0, 0.05) is 19.1 Å². The van der Waals surface area contributed by atoms with Gasteiger partial charge in [-0.1, -0.05) is 17.7 Å². The molecular weight excluding hydrogens is 291 g/mol. The first-order valence-electron chi connectivity index (χ1n) is 7.63. The summed E-state index contributed by atoms with van der Waals surface area (Å²) in [4.78, 5) is 14.4. The van der Waals surface area contributed by atoms with Gasteiger partial charge in [0.1, 0.15) is 5.82 Å². The highest BCUT2D eigenvalue weighted by Gasteiger charge is 2.31. The average molecular weight is 311 g/mol. The number of hydrogen-bond donors (Lipinski definition) is 1. The normalized spacial score (nSPS) is 26.1. The lowest BCUT2D eigenvalue weighted by Crippen LogP contribution is -2.46. The molecule has 2 aliphatic heterocycles. The standard InChI is InChI=1S/C16H20ClFN2O/c17-15-12(5-1-6-13(15)18)16(21)20-9-3-4-11(10-20)14-7-2-8-19-14/h1,5-6,11,14,19H,2-4,7-10H2. The maximum absolute atomic E-state index is 13.5. The SMILES string of the molecule is O=C(c1cccc(F)c1Cl)N1CCCC(C2CCCN2)C1. The van der Waals surface area contributed by atoms with Crippen molar-refractivity contribution in [3.05, 3.63) is 34.6 Å². The van der Waals surface area contributed by atoms with Gasteiger partial charge in [-0.3, -0.25) is 4.79 Å². The number of nitrogens with one attached hydrogen (secondary N) is 1. The first-order chi connectivity index (χ1) is 10.2. The van der Waals surface area contributed by atoms with Gasteiger partial charge in [-0.2, -0.15) is 0 Å². The Balaban J connectivity index is 1.73. The summed E-state index contributed by atoms with van der Waals surface area (Å²) in [6.45, 7) is 2.54. The average Bonchev–Trinajstić information content (AvgIpc) is 3.04. The highest BCUT2D eigenvalue weighted by Crippen LogP contribution is 2.27. The van der Waals surface area contributed by atoms with Gasteiger partial charge < -0.3 is 10.2 Å². The fourth-order valence-electron chi connectivity index (χ4n) is 3.48. The number of piperidine rings is 1. The number of carbonyl (C=O) groups is 1. The van der Waals surface area contributed by atoms with E-state index in [0.717, 1.165) is 32.5 Å². The van der Waals surface area contributed by atoms with Crippen LogP contribution in [0.25, 0.3) is 0 Å². The van der Waals surface area contributed by atoms with Crippen LogP contribution >= 0.6 is 11.6 Å². The van der Waals surface area contributed by atoms with Crippen LogP contribution in [0.5, 0.6) is 0 Å². The van der Waals surface area contributed by atoms with Crippen LogP contribution in [0.2, 0.25) is 5.02 Å². The predicted molar refractivity (Wildman–Crippen MR) is 81.1 cm³/mol. The third-order valence-corrected chi connectivity index (χ3v) is 4.98. The van der Waals surface area contributed by atoms with Crippen molar-refractivity contribution in [2.24, 2.45) is 5.92 Å². The van der Waals surface area contributed by atoms with Crippen molar-refractivity contribution in [1.82, 2.24) is 10.2 Å². The molecule has 2 unspecified atom stereocenters. The van der Waals surface area contributed by atoms with E-state index in [1.807, 2.05) is 4.90 Å². The lowest BCUT2D eigenvalue weighted by atomic mass is 9.89. The minimum atomic E-state index is -0.534. The van der Waals surface area contributed by atoms with E-state index in [-0.39, 0.29) is 16.5 Å². The quantitative estimate of drug-likeness (QED) is 0.910. The van der Waals surface area contributed by atoms with E-state index in [9.17, 15) is 9.18 Å². The zero-order valence-electron chi connectivity index (χ0n) is 11.9. The molecule has 3 rings (SSSR count). The molecule has 2 heterocycles. The number of rotatable bonds is 2. The molecule has 1 aromatic carbocycles. The summed E-state index contributed by atoms with van der Waals surface area (Å²) in [6.07, 6.45) is 4.55. The molecule has 21 heavy (non-hydrogen) atoms. The van der Waals surface area contributed by atoms with Crippen molar-refractivity contribution in [1.29, 1.82) is 0 Å². The van der Waals surface area contributed by atoms with Crippen molar-refractivity contribution >= 4 is 17.5 Å². The van der Waals surface area contributed by atoms with Crippen molar-refractivity contribution in [2.75, 3.05) is 19.6 Å². The monoisotopic (exact) mass is 310 g/mol. The molecule has 0 spiro atoms. The summed E-state index contributed by atoms with van der Waals surface area (Å²) < 4.78 is 13.5. The molecule has 0 aliphatic carbocycles. The first-order valence-corrected chi connectivity index (χ1v) is 8.01. The molecule has 0 saturated carbocycles. The van der Waals surface area contributed by atoms with Crippen molar-refractivity contribution in [2.45, 2.75) is 31.7 Å². The molecule has 2 aliphatic rings. The van der Waals surface area contributed by atoms with Crippen LogP contribution in [0.15, 0.2) is 18.2 Å². The number of amides is 1.